The molecule has 0 aromatic rings. The first kappa shape index (κ1) is 12.9. The summed E-state index contributed by atoms with van der Waals surface area (Å²) in [5.41, 5.74) is 4.95. The maximum atomic E-state index is 11.1. The standard InChI is InChI=1S/C9H19N3O2/c1-11-6-3-5-9(14)12-7-2-4-8(10)13/h11H,2-7H2,1H3,(H2,10,13)(H,12,14). The molecule has 14 heavy (non-hydrogen) atoms. The van der Waals surface area contributed by atoms with Crippen molar-refractivity contribution in [2.75, 3.05) is 20.1 Å². The van der Waals surface area contributed by atoms with Crippen LogP contribution in [0.15, 0.2) is 0 Å². The molecular weight excluding hydrogens is 182 g/mol. The van der Waals surface area contributed by atoms with Gasteiger partial charge in [0.25, 0.3) is 0 Å². The van der Waals surface area contributed by atoms with E-state index in [0.717, 1.165) is 13.0 Å². The van der Waals surface area contributed by atoms with Gasteiger partial charge in [-0.3, -0.25) is 9.59 Å². The SMILES string of the molecule is CNCCCC(=O)NCCCC(N)=O. The van der Waals surface area contributed by atoms with E-state index in [1.165, 1.54) is 0 Å². The summed E-state index contributed by atoms with van der Waals surface area (Å²) >= 11 is 0. The highest BCUT2D eigenvalue weighted by Crippen LogP contribution is 1.88. The quantitative estimate of drug-likeness (QED) is 0.457. The van der Waals surface area contributed by atoms with E-state index in [0.29, 0.717) is 25.8 Å². The molecule has 0 aliphatic carbocycles. The Hall–Kier alpha value is -1.10. The van der Waals surface area contributed by atoms with Crippen molar-refractivity contribution < 1.29 is 9.59 Å². The van der Waals surface area contributed by atoms with E-state index in [2.05, 4.69) is 10.6 Å². The van der Waals surface area contributed by atoms with Gasteiger partial charge in [-0.05, 0) is 26.4 Å². The third-order valence-electron chi connectivity index (χ3n) is 1.75. The third kappa shape index (κ3) is 8.99. The minimum absolute atomic E-state index is 0.0321. The molecular formula is C9H19N3O2. The molecule has 0 aromatic carbocycles. The number of carbonyl (C=O) groups excluding carboxylic acids is 2. The molecule has 0 aromatic heterocycles. The second-order valence-electron chi connectivity index (χ2n) is 3.13. The Morgan fingerprint density at radius 3 is 2.36 bits per heavy atom. The van der Waals surface area contributed by atoms with Crippen molar-refractivity contribution >= 4 is 11.8 Å². The van der Waals surface area contributed by atoms with Crippen molar-refractivity contribution in [3.63, 3.8) is 0 Å². The summed E-state index contributed by atoms with van der Waals surface area (Å²) in [4.78, 5) is 21.5. The summed E-state index contributed by atoms with van der Waals surface area (Å²) in [6.07, 6.45) is 2.31. The Labute approximate surface area is 84.4 Å². The molecule has 0 saturated heterocycles. The molecule has 0 atom stereocenters. The van der Waals surface area contributed by atoms with Crippen LogP contribution in [0, 0.1) is 0 Å². The molecule has 0 unspecified atom stereocenters. The van der Waals surface area contributed by atoms with Crippen molar-refractivity contribution in [2.24, 2.45) is 5.73 Å². The number of nitrogens with two attached hydrogens (primary N) is 1. The molecule has 2 amide bonds. The molecule has 0 radical (unpaired) electrons. The Morgan fingerprint density at radius 1 is 1.14 bits per heavy atom. The zero-order valence-electron chi connectivity index (χ0n) is 8.64. The van der Waals surface area contributed by atoms with Crippen LogP contribution in [0.25, 0.3) is 0 Å². The molecule has 0 heterocycles. The van der Waals surface area contributed by atoms with Crippen LogP contribution >= 0.6 is 0 Å². The van der Waals surface area contributed by atoms with E-state index in [4.69, 9.17) is 5.73 Å². The van der Waals surface area contributed by atoms with Crippen LogP contribution in [0.3, 0.4) is 0 Å². The molecule has 0 rings (SSSR count). The number of nitrogens with one attached hydrogen (secondary N) is 2. The lowest BCUT2D eigenvalue weighted by Crippen LogP contribution is -2.26. The highest BCUT2D eigenvalue weighted by molar-refractivity contribution is 5.76. The van der Waals surface area contributed by atoms with Crippen LogP contribution in [0.2, 0.25) is 0 Å². The lowest BCUT2D eigenvalue weighted by atomic mass is 10.2. The van der Waals surface area contributed by atoms with Gasteiger partial charge in [0.15, 0.2) is 0 Å². The van der Waals surface area contributed by atoms with Gasteiger partial charge in [0.05, 0.1) is 0 Å². The fourth-order valence-corrected chi connectivity index (χ4v) is 1.00. The molecule has 0 aliphatic heterocycles. The zero-order chi connectivity index (χ0) is 10.8. The summed E-state index contributed by atoms with van der Waals surface area (Å²) in [5.74, 6) is -0.292. The Balaban J connectivity index is 3.22. The average molecular weight is 201 g/mol. The van der Waals surface area contributed by atoms with Crippen LogP contribution < -0.4 is 16.4 Å². The van der Waals surface area contributed by atoms with E-state index in [1.54, 1.807) is 0 Å². The zero-order valence-corrected chi connectivity index (χ0v) is 8.64. The van der Waals surface area contributed by atoms with Crippen LogP contribution in [-0.2, 0) is 9.59 Å². The number of hydrogen-bond acceptors (Lipinski definition) is 3. The number of carbonyl (C=O) groups is 2. The minimum Gasteiger partial charge on any atom is -0.370 e. The lowest BCUT2D eigenvalue weighted by molar-refractivity contribution is -0.122. The van der Waals surface area contributed by atoms with Gasteiger partial charge in [-0.15, -0.1) is 0 Å². The van der Waals surface area contributed by atoms with Crippen molar-refractivity contribution in [2.45, 2.75) is 25.7 Å². The molecule has 82 valence electrons. The highest BCUT2D eigenvalue weighted by Gasteiger charge is 2.00. The molecule has 0 bridgehead atoms. The Morgan fingerprint density at radius 2 is 1.79 bits per heavy atom. The van der Waals surface area contributed by atoms with Crippen molar-refractivity contribution in [1.29, 1.82) is 0 Å². The van der Waals surface area contributed by atoms with E-state index in [9.17, 15) is 9.59 Å². The van der Waals surface area contributed by atoms with Crippen LogP contribution in [0.4, 0.5) is 0 Å². The van der Waals surface area contributed by atoms with Crippen LogP contribution in [0.1, 0.15) is 25.7 Å². The van der Waals surface area contributed by atoms with Gasteiger partial charge < -0.3 is 16.4 Å². The van der Waals surface area contributed by atoms with Gasteiger partial charge in [0, 0.05) is 19.4 Å². The number of rotatable bonds is 8. The molecule has 0 saturated carbocycles. The van der Waals surface area contributed by atoms with Crippen molar-refractivity contribution in [1.82, 2.24) is 10.6 Å². The number of hydrogen-bond donors (Lipinski definition) is 3. The second kappa shape index (κ2) is 8.50. The smallest absolute Gasteiger partial charge is 0.220 e. The predicted molar refractivity (Wildman–Crippen MR) is 54.6 cm³/mol. The van der Waals surface area contributed by atoms with Gasteiger partial charge in [0.1, 0.15) is 0 Å². The Bertz CT molecular complexity index is 183. The summed E-state index contributed by atoms with van der Waals surface area (Å²) < 4.78 is 0. The molecule has 5 heteroatoms. The van der Waals surface area contributed by atoms with Gasteiger partial charge >= 0.3 is 0 Å². The van der Waals surface area contributed by atoms with Gasteiger partial charge in [0.2, 0.25) is 11.8 Å². The molecule has 4 N–H and O–H groups in total. The second-order valence-corrected chi connectivity index (χ2v) is 3.13. The van der Waals surface area contributed by atoms with Crippen LogP contribution in [-0.4, -0.2) is 32.0 Å². The summed E-state index contributed by atoms with van der Waals surface area (Å²) in [6.45, 7) is 1.37. The average Bonchev–Trinajstić information content (AvgIpc) is 2.13. The lowest BCUT2D eigenvalue weighted by Gasteiger charge is -2.03. The van der Waals surface area contributed by atoms with Crippen molar-refractivity contribution in [3.8, 4) is 0 Å². The monoisotopic (exact) mass is 201 g/mol. The van der Waals surface area contributed by atoms with Gasteiger partial charge in [-0.25, -0.2) is 0 Å². The normalized spacial score (nSPS) is 9.79. The summed E-state index contributed by atoms with van der Waals surface area (Å²) in [7, 11) is 1.85. The fourth-order valence-electron chi connectivity index (χ4n) is 1.00. The largest absolute Gasteiger partial charge is 0.370 e. The topological polar surface area (TPSA) is 84.2 Å². The molecule has 0 fully saturated rings. The van der Waals surface area contributed by atoms with E-state index >= 15 is 0 Å². The molecule has 0 spiro atoms. The highest BCUT2D eigenvalue weighted by atomic mass is 16.2. The molecule has 5 nitrogen and oxygen atoms in total. The third-order valence-corrected chi connectivity index (χ3v) is 1.75. The van der Waals surface area contributed by atoms with Gasteiger partial charge in [-0.2, -0.15) is 0 Å². The number of amides is 2. The van der Waals surface area contributed by atoms with Crippen molar-refractivity contribution in [3.05, 3.63) is 0 Å². The number of primary amides is 1. The van der Waals surface area contributed by atoms with Crippen LogP contribution in [0.5, 0.6) is 0 Å². The van der Waals surface area contributed by atoms with E-state index in [-0.39, 0.29) is 11.8 Å². The maximum Gasteiger partial charge on any atom is 0.220 e. The molecule has 0 aliphatic rings. The van der Waals surface area contributed by atoms with E-state index in [1.807, 2.05) is 7.05 Å². The fraction of sp³-hybridized carbons (Fsp3) is 0.778. The Kier molecular flexibility index (Phi) is 7.83. The summed E-state index contributed by atoms with van der Waals surface area (Å²) in [6, 6.07) is 0. The summed E-state index contributed by atoms with van der Waals surface area (Å²) in [5, 5.41) is 5.69. The van der Waals surface area contributed by atoms with E-state index < -0.39 is 0 Å². The minimum atomic E-state index is -0.325. The maximum absolute atomic E-state index is 11.1. The first-order valence-electron chi connectivity index (χ1n) is 4.86. The first-order chi connectivity index (χ1) is 6.66. The van der Waals surface area contributed by atoms with Gasteiger partial charge in [-0.1, -0.05) is 0 Å². The first-order valence-corrected chi connectivity index (χ1v) is 4.86. The predicted octanol–water partition coefficient (Wildman–Crippen LogP) is -0.632.